The molecular weight excluding hydrogens is 406 g/mol. The zero-order valence-corrected chi connectivity index (χ0v) is 17.6. The van der Waals surface area contributed by atoms with E-state index in [1.807, 2.05) is 61.5 Å². The standard InChI is InChI=1S/C24H23N5O3/c1-2-29-23(26-27-28-29)17-32-22-10-6-9-19(15-22)24(30)25-20-11-13-21(14-12-20)31-16-18-7-4-3-5-8-18/h3-15H,2,16-17H2,1H3,(H,25,30). The summed E-state index contributed by atoms with van der Waals surface area (Å²) in [5.74, 6) is 1.69. The van der Waals surface area contributed by atoms with E-state index in [1.54, 1.807) is 28.9 Å². The van der Waals surface area contributed by atoms with Gasteiger partial charge in [0.25, 0.3) is 5.91 Å². The molecule has 4 rings (SSSR count). The van der Waals surface area contributed by atoms with Crippen molar-refractivity contribution >= 4 is 11.6 Å². The molecule has 0 atom stereocenters. The minimum atomic E-state index is -0.230. The van der Waals surface area contributed by atoms with Gasteiger partial charge in [0.15, 0.2) is 5.82 Å². The Kier molecular flexibility index (Phi) is 6.72. The SMILES string of the molecule is CCn1nnnc1COc1cccc(C(=O)Nc2ccc(OCc3ccccc3)cc2)c1. The highest BCUT2D eigenvalue weighted by Crippen LogP contribution is 2.19. The number of rotatable bonds is 9. The van der Waals surface area contributed by atoms with E-state index in [4.69, 9.17) is 9.47 Å². The van der Waals surface area contributed by atoms with Crippen molar-refractivity contribution in [1.29, 1.82) is 0 Å². The van der Waals surface area contributed by atoms with Gasteiger partial charge in [-0.25, -0.2) is 4.68 Å². The Morgan fingerprint density at radius 2 is 1.69 bits per heavy atom. The second-order valence-corrected chi connectivity index (χ2v) is 6.98. The molecule has 0 aliphatic carbocycles. The first-order valence-electron chi connectivity index (χ1n) is 10.3. The minimum absolute atomic E-state index is 0.219. The Balaban J connectivity index is 1.32. The van der Waals surface area contributed by atoms with Crippen molar-refractivity contribution in [2.24, 2.45) is 0 Å². The van der Waals surface area contributed by atoms with Crippen LogP contribution in [0.4, 0.5) is 5.69 Å². The molecule has 3 aromatic carbocycles. The van der Waals surface area contributed by atoms with Crippen LogP contribution in [0.1, 0.15) is 28.7 Å². The Morgan fingerprint density at radius 3 is 2.47 bits per heavy atom. The van der Waals surface area contributed by atoms with Crippen molar-refractivity contribution in [1.82, 2.24) is 20.2 Å². The van der Waals surface area contributed by atoms with Gasteiger partial charge in [-0.3, -0.25) is 4.79 Å². The maximum atomic E-state index is 12.7. The fourth-order valence-corrected chi connectivity index (χ4v) is 3.03. The van der Waals surface area contributed by atoms with E-state index < -0.39 is 0 Å². The number of nitrogens with one attached hydrogen (secondary N) is 1. The van der Waals surface area contributed by atoms with E-state index in [2.05, 4.69) is 20.8 Å². The molecule has 0 aliphatic rings. The zero-order valence-electron chi connectivity index (χ0n) is 17.6. The Bertz CT molecular complexity index is 1160. The normalized spacial score (nSPS) is 10.5. The van der Waals surface area contributed by atoms with Crippen LogP contribution in [0.3, 0.4) is 0 Å². The highest BCUT2D eigenvalue weighted by molar-refractivity contribution is 6.04. The molecule has 8 nitrogen and oxygen atoms in total. The number of hydrogen-bond acceptors (Lipinski definition) is 6. The van der Waals surface area contributed by atoms with E-state index >= 15 is 0 Å². The van der Waals surface area contributed by atoms with Gasteiger partial charge >= 0.3 is 0 Å². The van der Waals surface area contributed by atoms with Crippen molar-refractivity contribution in [3.8, 4) is 11.5 Å². The van der Waals surface area contributed by atoms with E-state index in [9.17, 15) is 4.79 Å². The van der Waals surface area contributed by atoms with Gasteiger partial charge in [0.05, 0.1) is 0 Å². The maximum absolute atomic E-state index is 12.7. The molecule has 0 spiro atoms. The van der Waals surface area contributed by atoms with Crippen molar-refractivity contribution in [3.63, 3.8) is 0 Å². The Hall–Kier alpha value is -4.20. The van der Waals surface area contributed by atoms with Crippen molar-refractivity contribution in [2.75, 3.05) is 5.32 Å². The molecule has 32 heavy (non-hydrogen) atoms. The van der Waals surface area contributed by atoms with E-state index in [0.29, 0.717) is 36.0 Å². The average Bonchev–Trinajstić information content (AvgIpc) is 3.31. The lowest BCUT2D eigenvalue weighted by molar-refractivity contribution is 0.102. The lowest BCUT2D eigenvalue weighted by Crippen LogP contribution is -2.12. The number of nitrogens with zero attached hydrogens (tertiary/aromatic N) is 4. The third kappa shape index (κ3) is 5.48. The molecule has 0 fully saturated rings. The topological polar surface area (TPSA) is 91.2 Å². The van der Waals surface area contributed by atoms with Gasteiger partial charge in [-0.1, -0.05) is 36.4 Å². The van der Waals surface area contributed by atoms with Crippen LogP contribution in [0.15, 0.2) is 78.9 Å². The lowest BCUT2D eigenvalue weighted by atomic mass is 10.2. The van der Waals surface area contributed by atoms with Gasteiger partial charge in [0.1, 0.15) is 24.7 Å². The Morgan fingerprint density at radius 1 is 0.906 bits per heavy atom. The lowest BCUT2D eigenvalue weighted by Gasteiger charge is -2.10. The van der Waals surface area contributed by atoms with Crippen LogP contribution >= 0.6 is 0 Å². The van der Waals surface area contributed by atoms with Crippen molar-refractivity contribution < 1.29 is 14.3 Å². The van der Waals surface area contributed by atoms with E-state index in [1.165, 1.54) is 0 Å². The Labute approximate surface area is 185 Å². The van der Waals surface area contributed by atoms with Gasteiger partial charge in [0.2, 0.25) is 0 Å². The molecule has 8 heteroatoms. The molecule has 0 unspecified atom stereocenters. The summed E-state index contributed by atoms with van der Waals surface area (Å²) in [7, 11) is 0. The summed E-state index contributed by atoms with van der Waals surface area (Å²) in [5.41, 5.74) is 2.26. The van der Waals surface area contributed by atoms with Crippen LogP contribution in [0.5, 0.6) is 11.5 Å². The van der Waals surface area contributed by atoms with Gasteiger partial charge in [0, 0.05) is 17.8 Å². The summed E-state index contributed by atoms with van der Waals surface area (Å²) in [6.45, 7) is 3.32. The number of aryl methyl sites for hydroxylation is 1. The summed E-state index contributed by atoms with van der Waals surface area (Å²) in [4.78, 5) is 12.7. The monoisotopic (exact) mass is 429 g/mol. The van der Waals surface area contributed by atoms with Crippen molar-refractivity contribution in [2.45, 2.75) is 26.7 Å². The smallest absolute Gasteiger partial charge is 0.255 e. The first-order valence-corrected chi connectivity index (χ1v) is 10.3. The molecule has 4 aromatic rings. The maximum Gasteiger partial charge on any atom is 0.255 e. The number of carbonyl (C=O) groups excluding carboxylic acids is 1. The van der Waals surface area contributed by atoms with Gasteiger partial charge < -0.3 is 14.8 Å². The van der Waals surface area contributed by atoms with Crippen molar-refractivity contribution in [3.05, 3.63) is 95.8 Å². The summed E-state index contributed by atoms with van der Waals surface area (Å²) in [5, 5.41) is 14.3. The third-order valence-corrected chi connectivity index (χ3v) is 4.73. The molecule has 0 saturated heterocycles. The van der Waals surface area contributed by atoms with Gasteiger partial charge in [-0.2, -0.15) is 0 Å². The number of anilines is 1. The molecule has 0 radical (unpaired) electrons. The predicted molar refractivity (Wildman–Crippen MR) is 119 cm³/mol. The molecule has 0 bridgehead atoms. The number of hydrogen-bond donors (Lipinski definition) is 1. The van der Waals surface area contributed by atoms with Crippen LogP contribution in [-0.2, 0) is 19.8 Å². The number of tetrazole rings is 1. The summed E-state index contributed by atoms with van der Waals surface area (Å²) in [6, 6.07) is 24.2. The highest BCUT2D eigenvalue weighted by atomic mass is 16.5. The van der Waals surface area contributed by atoms with Crippen LogP contribution in [0, 0.1) is 0 Å². The summed E-state index contributed by atoms with van der Waals surface area (Å²) in [6.07, 6.45) is 0. The molecule has 1 heterocycles. The first-order chi connectivity index (χ1) is 15.7. The highest BCUT2D eigenvalue weighted by Gasteiger charge is 2.10. The predicted octanol–water partition coefficient (Wildman–Crippen LogP) is 4.10. The number of ether oxygens (including phenoxy) is 2. The number of aromatic nitrogens is 4. The molecule has 1 amide bonds. The molecule has 1 aromatic heterocycles. The fraction of sp³-hybridized carbons (Fsp3) is 0.167. The molecule has 0 aliphatic heterocycles. The number of benzene rings is 3. The largest absolute Gasteiger partial charge is 0.489 e. The quantitative estimate of drug-likeness (QED) is 0.431. The molecule has 162 valence electrons. The van der Waals surface area contributed by atoms with Crippen LogP contribution in [0.2, 0.25) is 0 Å². The third-order valence-electron chi connectivity index (χ3n) is 4.73. The van der Waals surface area contributed by atoms with E-state index in [-0.39, 0.29) is 12.5 Å². The summed E-state index contributed by atoms with van der Waals surface area (Å²) < 4.78 is 13.2. The molecular formula is C24H23N5O3. The van der Waals surface area contributed by atoms with Gasteiger partial charge in [-0.05, 0) is 65.4 Å². The number of amides is 1. The van der Waals surface area contributed by atoms with Crippen LogP contribution < -0.4 is 14.8 Å². The second kappa shape index (κ2) is 10.2. The minimum Gasteiger partial charge on any atom is -0.489 e. The van der Waals surface area contributed by atoms with Gasteiger partial charge in [-0.15, -0.1) is 5.10 Å². The first kappa shape index (κ1) is 21.0. The molecule has 1 N–H and O–H groups in total. The summed E-state index contributed by atoms with van der Waals surface area (Å²) >= 11 is 0. The molecule has 0 saturated carbocycles. The zero-order chi connectivity index (χ0) is 22.2. The second-order valence-electron chi connectivity index (χ2n) is 6.98. The average molecular weight is 429 g/mol. The van der Waals surface area contributed by atoms with Crippen LogP contribution in [-0.4, -0.2) is 26.1 Å². The number of carbonyl (C=O) groups is 1. The van der Waals surface area contributed by atoms with Crippen LogP contribution in [0.25, 0.3) is 0 Å². The van der Waals surface area contributed by atoms with E-state index in [0.717, 1.165) is 11.3 Å². The fourth-order valence-electron chi connectivity index (χ4n) is 3.03.